The van der Waals surface area contributed by atoms with Crippen molar-refractivity contribution in [3.8, 4) is 0 Å². The minimum absolute atomic E-state index is 0.195. The van der Waals surface area contributed by atoms with Gasteiger partial charge in [0.05, 0.1) is 5.56 Å². The van der Waals surface area contributed by atoms with Crippen molar-refractivity contribution < 1.29 is 9.90 Å². The van der Waals surface area contributed by atoms with Crippen molar-refractivity contribution in [1.82, 2.24) is 4.90 Å². The molecule has 0 radical (unpaired) electrons. The third kappa shape index (κ3) is 4.06. The van der Waals surface area contributed by atoms with Gasteiger partial charge >= 0.3 is 5.97 Å². The number of halogens is 1. The van der Waals surface area contributed by atoms with E-state index in [0.29, 0.717) is 12.2 Å². The summed E-state index contributed by atoms with van der Waals surface area (Å²) in [6.07, 6.45) is 0. The van der Waals surface area contributed by atoms with Crippen LogP contribution < -0.4 is 5.73 Å². The van der Waals surface area contributed by atoms with E-state index in [9.17, 15) is 9.90 Å². The van der Waals surface area contributed by atoms with Crippen LogP contribution in [0.5, 0.6) is 0 Å². The second-order valence-corrected chi connectivity index (χ2v) is 5.90. The van der Waals surface area contributed by atoms with Crippen LogP contribution in [0.2, 0.25) is 0 Å². The molecule has 2 aromatic rings. The van der Waals surface area contributed by atoms with E-state index in [1.165, 1.54) is 5.56 Å². The van der Waals surface area contributed by atoms with Gasteiger partial charge in [0.25, 0.3) is 0 Å². The molecule has 0 heterocycles. The Balaban J connectivity index is 2.13. The number of benzene rings is 2. The van der Waals surface area contributed by atoms with Gasteiger partial charge in [-0.25, -0.2) is 4.79 Å². The first-order chi connectivity index (χ1) is 9.97. The van der Waals surface area contributed by atoms with Crippen LogP contribution in [-0.4, -0.2) is 23.0 Å². The SMILES string of the molecule is CN(Cc1ccc(Br)cc1)Cc1cccc(N)c1C(=O)O. The molecule has 0 aliphatic rings. The van der Waals surface area contributed by atoms with Gasteiger partial charge in [-0.05, 0) is 36.4 Å². The maximum absolute atomic E-state index is 11.3. The standard InChI is InChI=1S/C16H17BrN2O2/c1-19(9-11-5-7-13(17)8-6-11)10-12-3-2-4-14(18)15(12)16(20)21/h2-8H,9-10,18H2,1H3,(H,20,21). The smallest absolute Gasteiger partial charge is 0.338 e. The number of anilines is 1. The second kappa shape index (κ2) is 6.74. The maximum atomic E-state index is 11.3. The minimum atomic E-state index is -0.986. The van der Waals surface area contributed by atoms with Gasteiger partial charge in [0.2, 0.25) is 0 Å². The fourth-order valence-corrected chi connectivity index (χ4v) is 2.53. The maximum Gasteiger partial charge on any atom is 0.338 e. The van der Waals surface area contributed by atoms with E-state index >= 15 is 0 Å². The van der Waals surface area contributed by atoms with E-state index in [0.717, 1.165) is 16.6 Å². The highest BCUT2D eigenvalue weighted by Crippen LogP contribution is 2.19. The minimum Gasteiger partial charge on any atom is -0.478 e. The third-order valence-electron chi connectivity index (χ3n) is 3.20. The van der Waals surface area contributed by atoms with Gasteiger partial charge in [-0.15, -0.1) is 0 Å². The van der Waals surface area contributed by atoms with E-state index in [1.807, 2.05) is 31.3 Å². The van der Waals surface area contributed by atoms with E-state index in [4.69, 9.17) is 5.73 Å². The topological polar surface area (TPSA) is 66.6 Å². The van der Waals surface area contributed by atoms with Crippen LogP contribution in [0.3, 0.4) is 0 Å². The first-order valence-corrected chi connectivity index (χ1v) is 7.30. The molecule has 2 rings (SSSR count). The Morgan fingerprint density at radius 2 is 1.86 bits per heavy atom. The molecular weight excluding hydrogens is 332 g/mol. The fourth-order valence-electron chi connectivity index (χ4n) is 2.26. The largest absolute Gasteiger partial charge is 0.478 e. The molecule has 0 saturated carbocycles. The van der Waals surface area contributed by atoms with E-state index in [-0.39, 0.29) is 5.56 Å². The summed E-state index contributed by atoms with van der Waals surface area (Å²) in [4.78, 5) is 13.4. The van der Waals surface area contributed by atoms with Crippen molar-refractivity contribution in [3.05, 3.63) is 63.6 Å². The summed E-state index contributed by atoms with van der Waals surface area (Å²) < 4.78 is 1.04. The fraction of sp³-hybridized carbons (Fsp3) is 0.188. The van der Waals surface area contributed by atoms with Crippen molar-refractivity contribution in [1.29, 1.82) is 0 Å². The van der Waals surface area contributed by atoms with Crippen LogP contribution in [0.4, 0.5) is 5.69 Å². The molecule has 5 heteroatoms. The van der Waals surface area contributed by atoms with Gasteiger partial charge in [0.1, 0.15) is 0 Å². The Hall–Kier alpha value is -1.85. The summed E-state index contributed by atoms with van der Waals surface area (Å²) in [7, 11) is 1.96. The highest BCUT2D eigenvalue weighted by Gasteiger charge is 2.14. The van der Waals surface area contributed by atoms with Crippen LogP contribution >= 0.6 is 15.9 Å². The first kappa shape index (κ1) is 15.5. The molecule has 4 nitrogen and oxygen atoms in total. The summed E-state index contributed by atoms with van der Waals surface area (Å²) in [5.41, 5.74) is 8.15. The lowest BCUT2D eigenvalue weighted by molar-refractivity contribution is 0.0696. The normalized spacial score (nSPS) is 10.8. The van der Waals surface area contributed by atoms with Crippen LogP contribution in [0.25, 0.3) is 0 Å². The Labute approximate surface area is 132 Å². The highest BCUT2D eigenvalue weighted by atomic mass is 79.9. The van der Waals surface area contributed by atoms with Gasteiger partial charge < -0.3 is 10.8 Å². The Morgan fingerprint density at radius 1 is 1.19 bits per heavy atom. The summed E-state index contributed by atoms with van der Waals surface area (Å²) in [5.74, 6) is -0.986. The van der Waals surface area contributed by atoms with Crippen LogP contribution in [-0.2, 0) is 13.1 Å². The molecule has 0 amide bonds. The van der Waals surface area contributed by atoms with Crippen LogP contribution in [0, 0.1) is 0 Å². The zero-order chi connectivity index (χ0) is 15.4. The lowest BCUT2D eigenvalue weighted by atomic mass is 10.0. The van der Waals surface area contributed by atoms with E-state index < -0.39 is 5.97 Å². The summed E-state index contributed by atoms with van der Waals surface area (Å²) in [6, 6.07) is 13.3. The van der Waals surface area contributed by atoms with Gasteiger partial charge in [-0.3, -0.25) is 4.90 Å². The van der Waals surface area contributed by atoms with Crippen molar-refractivity contribution in [2.45, 2.75) is 13.1 Å². The molecule has 21 heavy (non-hydrogen) atoms. The number of carbonyl (C=O) groups is 1. The number of hydrogen-bond donors (Lipinski definition) is 2. The molecule has 0 bridgehead atoms. The monoisotopic (exact) mass is 348 g/mol. The number of rotatable bonds is 5. The molecule has 0 atom stereocenters. The Kier molecular flexibility index (Phi) is 4.98. The number of hydrogen-bond acceptors (Lipinski definition) is 3. The third-order valence-corrected chi connectivity index (χ3v) is 3.73. The van der Waals surface area contributed by atoms with Crippen molar-refractivity contribution in [3.63, 3.8) is 0 Å². The van der Waals surface area contributed by atoms with Gasteiger partial charge in [0.15, 0.2) is 0 Å². The molecule has 0 aromatic heterocycles. The molecule has 0 saturated heterocycles. The zero-order valence-corrected chi connectivity index (χ0v) is 13.3. The number of nitrogen functional groups attached to an aromatic ring is 1. The zero-order valence-electron chi connectivity index (χ0n) is 11.7. The predicted octanol–water partition coefficient (Wildman–Crippen LogP) is 3.36. The molecule has 0 aliphatic carbocycles. The number of carboxylic acid groups (broad SMARTS) is 1. The van der Waals surface area contributed by atoms with Crippen molar-refractivity contribution in [2.24, 2.45) is 0 Å². The highest BCUT2D eigenvalue weighted by molar-refractivity contribution is 9.10. The lowest BCUT2D eigenvalue weighted by Crippen LogP contribution is -2.19. The van der Waals surface area contributed by atoms with E-state index in [1.54, 1.807) is 18.2 Å². The molecule has 3 N–H and O–H groups in total. The van der Waals surface area contributed by atoms with E-state index in [2.05, 4.69) is 20.8 Å². The molecule has 0 aliphatic heterocycles. The van der Waals surface area contributed by atoms with Crippen molar-refractivity contribution in [2.75, 3.05) is 12.8 Å². The lowest BCUT2D eigenvalue weighted by Gasteiger charge is -2.18. The van der Waals surface area contributed by atoms with Crippen LogP contribution in [0.15, 0.2) is 46.9 Å². The summed E-state index contributed by atoms with van der Waals surface area (Å²) in [5, 5.41) is 9.28. The molecule has 0 unspecified atom stereocenters. The van der Waals surface area contributed by atoms with Crippen molar-refractivity contribution >= 4 is 27.6 Å². The van der Waals surface area contributed by atoms with Gasteiger partial charge in [-0.1, -0.05) is 40.2 Å². The summed E-state index contributed by atoms with van der Waals surface area (Å²) >= 11 is 3.41. The average molecular weight is 349 g/mol. The average Bonchev–Trinajstić information content (AvgIpc) is 2.41. The Morgan fingerprint density at radius 3 is 2.48 bits per heavy atom. The quantitative estimate of drug-likeness (QED) is 0.813. The number of aromatic carboxylic acids is 1. The number of nitrogens with zero attached hydrogens (tertiary/aromatic N) is 1. The molecule has 0 spiro atoms. The second-order valence-electron chi connectivity index (χ2n) is 4.99. The molecular formula is C16H17BrN2O2. The van der Waals surface area contributed by atoms with Gasteiger partial charge in [0, 0.05) is 23.2 Å². The molecule has 110 valence electrons. The first-order valence-electron chi connectivity index (χ1n) is 6.51. The number of carboxylic acids is 1. The molecule has 2 aromatic carbocycles. The van der Waals surface area contributed by atoms with Gasteiger partial charge in [-0.2, -0.15) is 0 Å². The van der Waals surface area contributed by atoms with Crippen LogP contribution in [0.1, 0.15) is 21.5 Å². The molecule has 0 fully saturated rings. The number of nitrogens with two attached hydrogens (primary N) is 1. The summed E-state index contributed by atoms with van der Waals surface area (Å²) in [6.45, 7) is 1.27. The predicted molar refractivity (Wildman–Crippen MR) is 87.1 cm³/mol. The Bertz CT molecular complexity index is 641.